The molecule has 2 aromatic carbocycles. The minimum absolute atomic E-state index is 0.162. The summed E-state index contributed by atoms with van der Waals surface area (Å²) >= 11 is 0. The Morgan fingerprint density at radius 1 is 1.17 bits per heavy atom. The van der Waals surface area contributed by atoms with Gasteiger partial charge in [0, 0.05) is 11.8 Å². The maximum Gasteiger partial charge on any atom is 0.411 e. The molecule has 0 saturated heterocycles. The number of benzene rings is 2. The highest BCUT2D eigenvalue weighted by molar-refractivity contribution is 7.87. The van der Waals surface area contributed by atoms with Crippen molar-refractivity contribution in [3.63, 3.8) is 0 Å². The van der Waals surface area contributed by atoms with Crippen LogP contribution in [-0.4, -0.2) is 21.1 Å². The van der Waals surface area contributed by atoms with Gasteiger partial charge in [-0.3, -0.25) is 5.32 Å². The Kier molecular flexibility index (Phi) is 5.35. The lowest BCUT2D eigenvalue weighted by Gasteiger charge is -2.10. The lowest BCUT2D eigenvalue weighted by molar-refractivity contribution is 0.168. The first kappa shape index (κ1) is 17.7. The van der Waals surface area contributed by atoms with Crippen molar-refractivity contribution in [1.29, 1.82) is 0 Å². The Labute approximate surface area is 137 Å². The quantitative estimate of drug-likeness (QED) is 0.831. The van der Waals surface area contributed by atoms with Gasteiger partial charge in [-0.2, -0.15) is 8.42 Å². The van der Waals surface area contributed by atoms with Crippen LogP contribution in [0.5, 0.6) is 5.75 Å². The number of hydrogen-bond acceptors (Lipinski definition) is 5. The van der Waals surface area contributed by atoms with Gasteiger partial charge >= 0.3 is 16.2 Å². The molecular formula is C15H13F2NO5S. The highest BCUT2D eigenvalue weighted by Gasteiger charge is 2.22. The molecule has 0 aliphatic rings. The molecule has 6 nitrogen and oxygen atoms in total. The topological polar surface area (TPSA) is 81.7 Å². The van der Waals surface area contributed by atoms with Crippen LogP contribution < -0.4 is 9.50 Å². The number of amides is 1. The summed E-state index contributed by atoms with van der Waals surface area (Å²) in [7, 11) is -4.58. The van der Waals surface area contributed by atoms with E-state index in [4.69, 9.17) is 4.18 Å². The predicted octanol–water partition coefficient (Wildman–Crippen LogP) is 3.30. The van der Waals surface area contributed by atoms with E-state index in [9.17, 15) is 22.0 Å². The Morgan fingerprint density at radius 3 is 2.62 bits per heavy atom. The molecule has 0 aliphatic carbocycles. The first-order chi connectivity index (χ1) is 11.3. The van der Waals surface area contributed by atoms with Crippen LogP contribution in [0, 0.1) is 11.6 Å². The van der Waals surface area contributed by atoms with Crippen LogP contribution in [-0.2, 0) is 14.9 Å². The molecule has 1 N–H and O–H groups in total. The third-order valence-corrected chi connectivity index (χ3v) is 3.99. The lowest BCUT2D eigenvalue weighted by Crippen LogP contribution is -2.14. The molecule has 9 heteroatoms. The molecule has 0 heterocycles. The van der Waals surface area contributed by atoms with Crippen molar-refractivity contribution >= 4 is 21.9 Å². The standard InChI is InChI=1S/C15H13F2NO5S/c1-2-22-15(19)18-11-4-3-5-12(9-11)23-24(20,21)14-8-10(16)6-7-13(14)17/h3-9H,2H2,1H3,(H,18,19). The molecule has 0 bridgehead atoms. The van der Waals surface area contributed by atoms with E-state index in [-0.39, 0.29) is 18.0 Å². The second-order valence-electron chi connectivity index (χ2n) is 4.49. The van der Waals surface area contributed by atoms with E-state index in [1.807, 2.05) is 0 Å². The van der Waals surface area contributed by atoms with Gasteiger partial charge in [0.1, 0.15) is 22.3 Å². The van der Waals surface area contributed by atoms with Gasteiger partial charge < -0.3 is 8.92 Å². The van der Waals surface area contributed by atoms with Crippen LogP contribution in [0.15, 0.2) is 47.4 Å². The number of halogens is 2. The summed E-state index contributed by atoms with van der Waals surface area (Å²) in [6, 6.07) is 7.36. The maximum absolute atomic E-state index is 13.6. The molecule has 0 atom stereocenters. The maximum atomic E-state index is 13.6. The van der Waals surface area contributed by atoms with Crippen LogP contribution in [0.3, 0.4) is 0 Å². The molecule has 0 unspecified atom stereocenters. The van der Waals surface area contributed by atoms with Crippen molar-refractivity contribution < 1.29 is 30.9 Å². The fraction of sp³-hybridized carbons (Fsp3) is 0.133. The molecule has 0 fully saturated rings. The predicted molar refractivity (Wildman–Crippen MR) is 81.3 cm³/mol. The Morgan fingerprint density at radius 2 is 1.92 bits per heavy atom. The normalized spacial score (nSPS) is 11.0. The van der Waals surface area contributed by atoms with Crippen molar-refractivity contribution in [2.24, 2.45) is 0 Å². The Hall–Kier alpha value is -2.68. The monoisotopic (exact) mass is 357 g/mol. The number of carbonyl (C=O) groups is 1. The fourth-order valence-corrected chi connectivity index (χ4v) is 2.76. The first-order valence-corrected chi connectivity index (χ1v) is 8.16. The number of rotatable bonds is 5. The Balaban J connectivity index is 2.24. The van der Waals surface area contributed by atoms with E-state index in [2.05, 4.69) is 10.1 Å². The van der Waals surface area contributed by atoms with Gasteiger partial charge in [0.25, 0.3) is 0 Å². The zero-order chi connectivity index (χ0) is 17.7. The summed E-state index contributed by atoms with van der Waals surface area (Å²) in [6.45, 7) is 1.79. The summed E-state index contributed by atoms with van der Waals surface area (Å²) in [5, 5.41) is 2.36. The first-order valence-electron chi connectivity index (χ1n) is 6.75. The number of anilines is 1. The van der Waals surface area contributed by atoms with Gasteiger partial charge in [-0.1, -0.05) is 6.07 Å². The van der Waals surface area contributed by atoms with Crippen molar-refractivity contribution in [2.75, 3.05) is 11.9 Å². The van der Waals surface area contributed by atoms with Gasteiger partial charge in [-0.05, 0) is 37.3 Å². The third kappa shape index (κ3) is 4.42. The second kappa shape index (κ2) is 7.26. The van der Waals surface area contributed by atoms with Crippen molar-refractivity contribution in [3.05, 3.63) is 54.1 Å². The SMILES string of the molecule is CCOC(=O)Nc1cccc(OS(=O)(=O)c2cc(F)ccc2F)c1. The van der Waals surface area contributed by atoms with Crippen LogP contribution in [0.1, 0.15) is 6.92 Å². The Bertz CT molecular complexity index is 855. The zero-order valence-electron chi connectivity index (χ0n) is 12.5. The average molecular weight is 357 g/mol. The van der Waals surface area contributed by atoms with Crippen LogP contribution in [0.2, 0.25) is 0 Å². The van der Waals surface area contributed by atoms with E-state index >= 15 is 0 Å². The van der Waals surface area contributed by atoms with Gasteiger partial charge in [0.05, 0.1) is 6.61 Å². The second-order valence-corrected chi connectivity index (χ2v) is 6.00. The molecule has 2 rings (SSSR count). The summed E-state index contributed by atoms with van der Waals surface area (Å²) in [6.07, 6.45) is -0.728. The minimum Gasteiger partial charge on any atom is -0.450 e. The van der Waals surface area contributed by atoms with Crippen molar-refractivity contribution in [1.82, 2.24) is 0 Å². The van der Waals surface area contributed by atoms with E-state index in [0.29, 0.717) is 12.1 Å². The highest BCUT2D eigenvalue weighted by atomic mass is 32.2. The summed E-state index contributed by atoms with van der Waals surface area (Å²) in [5.74, 6) is -2.25. The van der Waals surface area contributed by atoms with Gasteiger partial charge in [-0.25, -0.2) is 13.6 Å². The third-order valence-electron chi connectivity index (χ3n) is 2.72. The summed E-state index contributed by atoms with van der Waals surface area (Å²) in [5.41, 5.74) is 0.209. The van der Waals surface area contributed by atoms with Crippen LogP contribution >= 0.6 is 0 Å². The van der Waals surface area contributed by atoms with Crippen molar-refractivity contribution in [3.8, 4) is 5.75 Å². The summed E-state index contributed by atoms with van der Waals surface area (Å²) < 4.78 is 60.4. The molecule has 0 radical (unpaired) electrons. The van der Waals surface area contributed by atoms with Crippen molar-refractivity contribution in [2.45, 2.75) is 11.8 Å². The molecule has 0 saturated carbocycles. The largest absolute Gasteiger partial charge is 0.450 e. The molecule has 1 amide bonds. The number of nitrogens with one attached hydrogen (secondary N) is 1. The molecular weight excluding hydrogens is 344 g/mol. The number of ether oxygens (including phenoxy) is 1. The molecule has 128 valence electrons. The smallest absolute Gasteiger partial charge is 0.411 e. The van der Waals surface area contributed by atoms with E-state index in [1.165, 1.54) is 24.3 Å². The van der Waals surface area contributed by atoms with E-state index in [1.54, 1.807) is 6.92 Å². The zero-order valence-corrected chi connectivity index (χ0v) is 13.3. The number of carbonyl (C=O) groups excluding carboxylic acids is 1. The average Bonchev–Trinajstić information content (AvgIpc) is 2.49. The minimum atomic E-state index is -4.58. The van der Waals surface area contributed by atoms with Crippen LogP contribution in [0.25, 0.3) is 0 Å². The molecule has 2 aromatic rings. The van der Waals surface area contributed by atoms with Gasteiger partial charge in [-0.15, -0.1) is 0 Å². The lowest BCUT2D eigenvalue weighted by atomic mass is 10.3. The highest BCUT2D eigenvalue weighted by Crippen LogP contribution is 2.24. The van der Waals surface area contributed by atoms with E-state index < -0.39 is 32.7 Å². The van der Waals surface area contributed by atoms with E-state index in [0.717, 1.165) is 6.07 Å². The molecule has 24 heavy (non-hydrogen) atoms. The van der Waals surface area contributed by atoms with Gasteiger partial charge in [0.2, 0.25) is 0 Å². The molecule has 0 aromatic heterocycles. The van der Waals surface area contributed by atoms with Crippen LogP contribution in [0.4, 0.5) is 19.3 Å². The number of hydrogen-bond donors (Lipinski definition) is 1. The molecule has 0 spiro atoms. The van der Waals surface area contributed by atoms with Gasteiger partial charge in [0.15, 0.2) is 0 Å². The summed E-state index contributed by atoms with van der Waals surface area (Å²) in [4.78, 5) is 10.4. The molecule has 0 aliphatic heterocycles. The fourth-order valence-electron chi connectivity index (χ4n) is 1.75.